The number of benzene rings is 1. The van der Waals surface area contributed by atoms with Gasteiger partial charge in [0.1, 0.15) is 6.33 Å². The van der Waals surface area contributed by atoms with Crippen molar-refractivity contribution in [3.8, 4) is 0 Å². The maximum Gasteiger partial charge on any atom is 0.355 e. The average molecular weight is 435 g/mol. The van der Waals surface area contributed by atoms with Crippen LogP contribution < -0.4 is 15.8 Å². The van der Waals surface area contributed by atoms with Gasteiger partial charge in [0.25, 0.3) is 5.91 Å². The molecule has 3 rings (SSSR count). The summed E-state index contributed by atoms with van der Waals surface area (Å²) in [5, 5.41) is 12.0. The number of anilines is 2. The van der Waals surface area contributed by atoms with Gasteiger partial charge in [0.2, 0.25) is 11.6 Å². The van der Waals surface area contributed by atoms with Gasteiger partial charge in [-0.3, -0.25) is 30.6 Å². The SMILES string of the molecule is COC(=O)C1CCN(c2ncnc(NNC(=O)c3ccccc3Cl)c2[N+](=O)[O-])CC1. The van der Waals surface area contributed by atoms with Gasteiger partial charge in [-0.1, -0.05) is 23.7 Å². The summed E-state index contributed by atoms with van der Waals surface area (Å²) < 4.78 is 4.76. The molecule has 0 bridgehead atoms. The molecule has 1 amide bonds. The Hall–Kier alpha value is -3.47. The lowest BCUT2D eigenvalue weighted by Gasteiger charge is -2.31. The van der Waals surface area contributed by atoms with E-state index in [9.17, 15) is 19.7 Å². The van der Waals surface area contributed by atoms with Crippen molar-refractivity contribution in [2.75, 3.05) is 30.5 Å². The number of nitrogens with zero attached hydrogens (tertiary/aromatic N) is 4. The Morgan fingerprint density at radius 3 is 2.60 bits per heavy atom. The van der Waals surface area contributed by atoms with E-state index in [4.69, 9.17) is 16.3 Å². The maximum atomic E-state index is 12.3. The summed E-state index contributed by atoms with van der Waals surface area (Å²) in [6.07, 6.45) is 2.14. The molecule has 2 N–H and O–H groups in total. The zero-order chi connectivity index (χ0) is 21.7. The zero-order valence-corrected chi connectivity index (χ0v) is 16.8. The van der Waals surface area contributed by atoms with E-state index in [1.54, 1.807) is 23.1 Å². The predicted molar refractivity (Wildman–Crippen MR) is 108 cm³/mol. The number of nitro groups is 1. The van der Waals surface area contributed by atoms with Crippen LogP contribution in [0.3, 0.4) is 0 Å². The number of esters is 1. The number of carbonyl (C=O) groups is 2. The van der Waals surface area contributed by atoms with Gasteiger partial charge in [0.15, 0.2) is 0 Å². The molecule has 30 heavy (non-hydrogen) atoms. The van der Waals surface area contributed by atoms with Crippen LogP contribution in [0.1, 0.15) is 23.2 Å². The van der Waals surface area contributed by atoms with Crippen LogP contribution in [-0.4, -0.2) is 47.0 Å². The lowest BCUT2D eigenvalue weighted by Crippen LogP contribution is -2.38. The Labute approximate surface area is 176 Å². The Bertz CT molecular complexity index is 964. The summed E-state index contributed by atoms with van der Waals surface area (Å²) in [6.45, 7) is 0.784. The number of nitrogens with one attached hydrogen (secondary N) is 2. The third-order valence-electron chi connectivity index (χ3n) is 4.73. The van der Waals surface area contributed by atoms with Crippen molar-refractivity contribution < 1.29 is 19.2 Å². The Morgan fingerprint density at radius 2 is 1.97 bits per heavy atom. The molecule has 2 aromatic rings. The first-order chi connectivity index (χ1) is 14.4. The Balaban J connectivity index is 1.77. The van der Waals surface area contributed by atoms with Crippen molar-refractivity contribution in [2.45, 2.75) is 12.8 Å². The fraction of sp³-hybridized carbons (Fsp3) is 0.333. The van der Waals surface area contributed by atoms with Crippen LogP contribution in [-0.2, 0) is 9.53 Å². The number of ether oxygens (including phenoxy) is 1. The number of amides is 1. The van der Waals surface area contributed by atoms with E-state index < -0.39 is 10.8 Å². The number of rotatable bonds is 6. The summed E-state index contributed by atoms with van der Waals surface area (Å²) in [4.78, 5) is 44.8. The minimum atomic E-state index is -0.619. The molecule has 12 heteroatoms. The molecule has 1 aromatic carbocycles. The minimum Gasteiger partial charge on any atom is -0.469 e. The van der Waals surface area contributed by atoms with Gasteiger partial charge in [-0.05, 0) is 25.0 Å². The number of aromatic nitrogens is 2. The van der Waals surface area contributed by atoms with E-state index in [1.165, 1.54) is 19.5 Å². The van der Waals surface area contributed by atoms with Crippen LogP contribution in [0.25, 0.3) is 0 Å². The molecule has 1 aromatic heterocycles. The molecular weight excluding hydrogens is 416 g/mol. The van der Waals surface area contributed by atoms with Crippen LogP contribution in [0.2, 0.25) is 5.02 Å². The number of methoxy groups -OCH3 is 1. The fourth-order valence-corrected chi connectivity index (χ4v) is 3.40. The molecule has 1 aliphatic rings. The molecule has 11 nitrogen and oxygen atoms in total. The topological polar surface area (TPSA) is 140 Å². The Kier molecular flexibility index (Phi) is 6.62. The van der Waals surface area contributed by atoms with Crippen molar-refractivity contribution >= 4 is 40.8 Å². The molecule has 0 unspecified atom stereocenters. The first-order valence-electron chi connectivity index (χ1n) is 9.05. The summed E-state index contributed by atoms with van der Waals surface area (Å²) in [5.41, 5.74) is 4.67. The third-order valence-corrected chi connectivity index (χ3v) is 5.06. The number of halogens is 1. The normalized spacial score (nSPS) is 14.1. The number of carbonyl (C=O) groups excluding carboxylic acids is 2. The van der Waals surface area contributed by atoms with Crippen LogP contribution in [0.15, 0.2) is 30.6 Å². The van der Waals surface area contributed by atoms with Gasteiger partial charge < -0.3 is 9.64 Å². The van der Waals surface area contributed by atoms with Crippen LogP contribution in [0.4, 0.5) is 17.3 Å². The highest BCUT2D eigenvalue weighted by atomic mass is 35.5. The number of hydrogen-bond donors (Lipinski definition) is 2. The quantitative estimate of drug-likeness (QED) is 0.397. The van der Waals surface area contributed by atoms with Crippen molar-refractivity contribution in [1.29, 1.82) is 0 Å². The van der Waals surface area contributed by atoms with E-state index >= 15 is 0 Å². The second-order valence-corrected chi connectivity index (χ2v) is 6.90. The van der Waals surface area contributed by atoms with Gasteiger partial charge in [0.05, 0.1) is 28.5 Å². The van der Waals surface area contributed by atoms with Gasteiger partial charge in [0, 0.05) is 13.1 Å². The van der Waals surface area contributed by atoms with Crippen LogP contribution in [0, 0.1) is 16.0 Å². The van der Waals surface area contributed by atoms with Gasteiger partial charge in [-0.15, -0.1) is 0 Å². The van der Waals surface area contributed by atoms with Gasteiger partial charge >= 0.3 is 11.7 Å². The second kappa shape index (κ2) is 9.35. The predicted octanol–water partition coefficient (Wildman–Crippen LogP) is 2.18. The number of piperidine rings is 1. The maximum absolute atomic E-state index is 12.3. The fourth-order valence-electron chi connectivity index (χ4n) is 3.18. The molecule has 1 saturated heterocycles. The molecule has 158 valence electrons. The van der Waals surface area contributed by atoms with Crippen molar-refractivity contribution in [2.24, 2.45) is 5.92 Å². The van der Waals surface area contributed by atoms with E-state index in [-0.39, 0.29) is 39.8 Å². The molecular formula is C18H19ClN6O5. The first kappa shape index (κ1) is 21.2. The van der Waals surface area contributed by atoms with Crippen LogP contribution in [0.5, 0.6) is 0 Å². The summed E-state index contributed by atoms with van der Waals surface area (Å²) in [6, 6.07) is 6.39. The van der Waals surface area contributed by atoms with E-state index in [2.05, 4.69) is 20.8 Å². The first-order valence-corrected chi connectivity index (χ1v) is 9.43. The van der Waals surface area contributed by atoms with Crippen molar-refractivity contribution in [1.82, 2.24) is 15.4 Å². The number of hydrazine groups is 1. The van der Waals surface area contributed by atoms with Crippen molar-refractivity contribution in [3.05, 3.63) is 51.3 Å². The molecule has 1 aliphatic heterocycles. The van der Waals surface area contributed by atoms with Crippen LogP contribution >= 0.6 is 11.6 Å². The standard InChI is InChI=1S/C18H19ClN6O5/c1-30-18(27)11-6-8-24(9-7-11)16-14(25(28)29)15(20-10-21-16)22-23-17(26)12-4-2-3-5-13(12)19/h2-5,10-11H,6-9H2,1H3,(H,23,26)(H,20,21,22). The zero-order valence-electron chi connectivity index (χ0n) is 16.0. The lowest BCUT2D eigenvalue weighted by atomic mass is 9.97. The third kappa shape index (κ3) is 4.57. The number of hydrogen-bond acceptors (Lipinski definition) is 9. The molecule has 0 atom stereocenters. The minimum absolute atomic E-state index is 0.104. The average Bonchev–Trinajstić information content (AvgIpc) is 2.77. The van der Waals surface area contributed by atoms with E-state index in [1.807, 2.05) is 0 Å². The highest BCUT2D eigenvalue weighted by Crippen LogP contribution is 2.34. The second-order valence-electron chi connectivity index (χ2n) is 6.50. The van der Waals surface area contributed by atoms with Crippen molar-refractivity contribution in [3.63, 3.8) is 0 Å². The summed E-state index contributed by atoms with van der Waals surface area (Å²) in [7, 11) is 1.33. The smallest absolute Gasteiger partial charge is 0.355 e. The van der Waals surface area contributed by atoms with Gasteiger partial charge in [-0.25, -0.2) is 9.97 Å². The molecule has 0 spiro atoms. The molecule has 0 saturated carbocycles. The Morgan fingerprint density at radius 1 is 1.27 bits per heavy atom. The molecule has 1 fully saturated rings. The summed E-state index contributed by atoms with van der Waals surface area (Å²) in [5.74, 6) is -1.18. The highest BCUT2D eigenvalue weighted by molar-refractivity contribution is 6.33. The molecule has 0 aliphatic carbocycles. The highest BCUT2D eigenvalue weighted by Gasteiger charge is 2.32. The lowest BCUT2D eigenvalue weighted by molar-refractivity contribution is -0.383. The van der Waals surface area contributed by atoms with Gasteiger partial charge in [-0.2, -0.15) is 0 Å². The van der Waals surface area contributed by atoms with E-state index in [0.717, 1.165) is 0 Å². The summed E-state index contributed by atoms with van der Waals surface area (Å²) >= 11 is 5.99. The largest absolute Gasteiger partial charge is 0.469 e. The molecule has 0 radical (unpaired) electrons. The molecule has 2 heterocycles. The van der Waals surface area contributed by atoms with E-state index in [0.29, 0.717) is 25.9 Å². The monoisotopic (exact) mass is 434 g/mol.